The number of imidazole rings is 1. The van der Waals surface area contributed by atoms with Crippen LogP contribution in [-0.2, 0) is 13.0 Å². The van der Waals surface area contributed by atoms with E-state index in [4.69, 9.17) is 11.6 Å². The largest absolute Gasteiger partial charge is 0.323 e. The number of rotatable bonds is 4. The van der Waals surface area contributed by atoms with Crippen molar-refractivity contribution in [1.29, 1.82) is 0 Å². The van der Waals surface area contributed by atoms with Gasteiger partial charge in [-0.25, -0.2) is 4.98 Å². The summed E-state index contributed by atoms with van der Waals surface area (Å²) >= 11 is 7.67. The van der Waals surface area contributed by atoms with E-state index in [1.54, 1.807) is 11.3 Å². The van der Waals surface area contributed by atoms with Crippen molar-refractivity contribution in [3.63, 3.8) is 0 Å². The standard InChI is InChI=1S/C14H14ClN3S/c1-10-4-7-19-13(10)9-18-12-3-6-16-8-11(12)17-14(18)2-5-15/h3-4,6-8H,2,5,9H2,1H3. The van der Waals surface area contributed by atoms with E-state index in [1.165, 1.54) is 10.4 Å². The summed E-state index contributed by atoms with van der Waals surface area (Å²) in [4.78, 5) is 10.1. The lowest BCUT2D eigenvalue weighted by Gasteiger charge is -2.08. The number of halogens is 1. The van der Waals surface area contributed by atoms with Gasteiger partial charge in [0.15, 0.2) is 0 Å². The quantitative estimate of drug-likeness (QED) is 0.687. The van der Waals surface area contributed by atoms with Gasteiger partial charge in [0, 0.05) is 23.4 Å². The lowest BCUT2D eigenvalue weighted by Crippen LogP contribution is -2.05. The first-order valence-corrected chi connectivity index (χ1v) is 7.59. The van der Waals surface area contributed by atoms with Gasteiger partial charge in [0.05, 0.1) is 18.3 Å². The van der Waals surface area contributed by atoms with Crippen LogP contribution in [0.4, 0.5) is 0 Å². The molecule has 0 aromatic carbocycles. The molecular formula is C14H14ClN3S. The summed E-state index contributed by atoms with van der Waals surface area (Å²) < 4.78 is 2.25. The van der Waals surface area contributed by atoms with Crippen molar-refractivity contribution in [2.45, 2.75) is 19.9 Å². The van der Waals surface area contributed by atoms with Crippen molar-refractivity contribution in [3.8, 4) is 0 Å². The predicted molar refractivity (Wildman–Crippen MR) is 80.1 cm³/mol. The first kappa shape index (κ1) is 12.6. The summed E-state index contributed by atoms with van der Waals surface area (Å²) in [6.07, 6.45) is 4.40. The molecule has 0 aliphatic carbocycles. The van der Waals surface area contributed by atoms with Crippen LogP contribution >= 0.6 is 22.9 Å². The van der Waals surface area contributed by atoms with Gasteiger partial charge in [-0.3, -0.25) is 4.98 Å². The second-order valence-corrected chi connectivity index (χ2v) is 5.82. The Morgan fingerprint density at radius 2 is 2.26 bits per heavy atom. The summed E-state index contributed by atoms with van der Waals surface area (Å²) in [7, 11) is 0. The van der Waals surface area contributed by atoms with E-state index < -0.39 is 0 Å². The van der Waals surface area contributed by atoms with Crippen LogP contribution in [0, 0.1) is 6.92 Å². The van der Waals surface area contributed by atoms with Gasteiger partial charge in [-0.2, -0.15) is 0 Å². The number of pyridine rings is 1. The minimum atomic E-state index is 0.584. The third-order valence-electron chi connectivity index (χ3n) is 3.22. The molecule has 0 amide bonds. The van der Waals surface area contributed by atoms with Crippen LogP contribution in [0.5, 0.6) is 0 Å². The van der Waals surface area contributed by atoms with E-state index in [1.807, 2.05) is 18.5 Å². The lowest BCUT2D eigenvalue weighted by molar-refractivity contribution is 0.760. The first-order chi connectivity index (χ1) is 9.29. The average Bonchev–Trinajstić information content (AvgIpc) is 2.96. The molecule has 0 N–H and O–H groups in total. The van der Waals surface area contributed by atoms with Crippen molar-refractivity contribution < 1.29 is 0 Å². The molecule has 0 saturated carbocycles. The van der Waals surface area contributed by atoms with Gasteiger partial charge in [-0.15, -0.1) is 22.9 Å². The monoisotopic (exact) mass is 291 g/mol. The van der Waals surface area contributed by atoms with Crippen LogP contribution in [0.2, 0.25) is 0 Å². The summed E-state index contributed by atoms with van der Waals surface area (Å²) in [5.74, 6) is 1.62. The molecule has 0 unspecified atom stereocenters. The summed E-state index contributed by atoms with van der Waals surface area (Å²) in [6, 6.07) is 4.17. The predicted octanol–water partition coefficient (Wildman–Crippen LogP) is 3.63. The Morgan fingerprint density at radius 1 is 1.37 bits per heavy atom. The minimum absolute atomic E-state index is 0.584. The van der Waals surface area contributed by atoms with Crippen molar-refractivity contribution in [1.82, 2.24) is 14.5 Å². The van der Waals surface area contributed by atoms with Crippen LogP contribution in [-0.4, -0.2) is 20.4 Å². The Balaban J connectivity index is 2.09. The Morgan fingerprint density at radius 3 is 3.00 bits per heavy atom. The molecule has 3 aromatic rings. The highest BCUT2D eigenvalue weighted by Crippen LogP contribution is 2.22. The molecule has 0 fully saturated rings. The molecule has 0 saturated heterocycles. The summed E-state index contributed by atoms with van der Waals surface area (Å²) in [6.45, 7) is 3.00. The van der Waals surface area contributed by atoms with Crippen molar-refractivity contribution in [2.24, 2.45) is 0 Å². The number of aromatic nitrogens is 3. The Labute approximate surface area is 120 Å². The molecule has 0 bridgehead atoms. The zero-order valence-electron chi connectivity index (χ0n) is 10.6. The highest BCUT2D eigenvalue weighted by molar-refractivity contribution is 7.10. The van der Waals surface area contributed by atoms with E-state index in [-0.39, 0.29) is 0 Å². The van der Waals surface area contributed by atoms with Crippen LogP contribution in [0.3, 0.4) is 0 Å². The molecule has 0 atom stereocenters. The smallest absolute Gasteiger partial charge is 0.111 e. The Kier molecular flexibility index (Phi) is 3.53. The van der Waals surface area contributed by atoms with E-state index in [2.05, 4.69) is 32.9 Å². The summed E-state index contributed by atoms with van der Waals surface area (Å²) in [5, 5.41) is 2.13. The van der Waals surface area contributed by atoms with Crippen LogP contribution in [0.25, 0.3) is 11.0 Å². The average molecular weight is 292 g/mol. The van der Waals surface area contributed by atoms with Gasteiger partial charge >= 0.3 is 0 Å². The topological polar surface area (TPSA) is 30.7 Å². The number of thiophene rings is 1. The number of nitrogens with zero attached hydrogens (tertiary/aromatic N) is 3. The van der Waals surface area contributed by atoms with Crippen LogP contribution in [0.15, 0.2) is 29.9 Å². The van der Waals surface area contributed by atoms with Gasteiger partial charge in [0.1, 0.15) is 11.3 Å². The Bertz CT molecular complexity index is 702. The van der Waals surface area contributed by atoms with Crippen molar-refractivity contribution in [2.75, 3.05) is 5.88 Å². The third-order valence-corrected chi connectivity index (χ3v) is 4.41. The molecule has 0 aliphatic rings. The molecule has 3 rings (SSSR count). The zero-order chi connectivity index (χ0) is 13.2. The van der Waals surface area contributed by atoms with Gasteiger partial charge in [0.2, 0.25) is 0 Å². The van der Waals surface area contributed by atoms with E-state index in [9.17, 15) is 0 Å². The normalized spacial score (nSPS) is 11.3. The fourth-order valence-electron chi connectivity index (χ4n) is 2.19. The molecule has 0 radical (unpaired) electrons. The van der Waals surface area contributed by atoms with Crippen molar-refractivity contribution >= 4 is 34.0 Å². The van der Waals surface area contributed by atoms with Gasteiger partial charge in [-0.1, -0.05) is 0 Å². The molecule has 19 heavy (non-hydrogen) atoms. The Hall–Kier alpha value is -1.39. The number of aryl methyl sites for hydroxylation is 2. The molecule has 0 spiro atoms. The zero-order valence-corrected chi connectivity index (χ0v) is 12.2. The molecular weight excluding hydrogens is 278 g/mol. The molecule has 98 valence electrons. The molecule has 3 nitrogen and oxygen atoms in total. The van der Waals surface area contributed by atoms with E-state index in [0.717, 1.165) is 29.8 Å². The number of hydrogen-bond acceptors (Lipinski definition) is 3. The molecule has 3 aromatic heterocycles. The maximum atomic E-state index is 5.88. The third kappa shape index (κ3) is 2.38. The van der Waals surface area contributed by atoms with Gasteiger partial charge in [0.25, 0.3) is 0 Å². The molecule has 0 aliphatic heterocycles. The maximum Gasteiger partial charge on any atom is 0.111 e. The second-order valence-electron chi connectivity index (χ2n) is 4.44. The number of alkyl halides is 1. The fourth-order valence-corrected chi connectivity index (χ4v) is 3.26. The fraction of sp³-hybridized carbons (Fsp3) is 0.286. The maximum absolute atomic E-state index is 5.88. The second kappa shape index (κ2) is 5.31. The van der Waals surface area contributed by atoms with Gasteiger partial charge < -0.3 is 4.57 Å². The SMILES string of the molecule is Cc1ccsc1Cn1c(CCCl)nc2cnccc21. The van der Waals surface area contributed by atoms with Crippen LogP contribution < -0.4 is 0 Å². The molecule has 3 heterocycles. The first-order valence-electron chi connectivity index (χ1n) is 6.17. The van der Waals surface area contributed by atoms with Crippen LogP contribution in [0.1, 0.15) is 16.3 Å². The summed E-state index contributed by atoms with van der Waals surface area (Å²) in [5.41, 5.74) is 3.40. The van der Waals surface area contributed by atoms with E-state index >= 15 is 0 Å². The number of fused-ring (bicyclic) bond motifs is 1. The van der Waals surface area contributed by atoms with E-state index in [0.29, 0.717) is 5.88 Å². The highest BCUT2D eigenvalue weighted by Gasteiger charge is 2.12. The molecule has 5 heteroatoms. The highest BCUT2D eigenvalue weighted by atomic mass is 35.5. The lowest BCUT2D eigenvalue weighted by atomic mass is 10.3. The minimum Gasteiger partial charge on any atom is -0.323 e. The number of hydrogen-bond donors (Lipinski definition) is 0. The van der Waals surface area contributed by atoms with Crippen molar-refractivity contribution in [3.05, 3.63) is 46.2 Å². The van der Waals surface area contributed by atoms with Gasteiger partial charge in [-0.05, 0) is 30.0 Å².